The molecule has 9 heteroatoms. The highest BCUT2D eigenvalue weighted by atomic mass is 32.2. The summed E-state index contributed by atoms with van der Waals surface area (Å²) >= 11 is 1.05. The molecule has 2 saturated heterocycles. The third-order valence-electron chi connectivity index (χ3n) is 5.54. The van der Waals surface area contributed by atoms with Gasteiger partial charge in [-0.25, -0.2) is 13.1 Å². The standard InChI is InChI=1S/C18H30N4O3S2/c19-18(23)17-13-16(14-26-17)27(24,25)20-7-4-8-21-11-5-15(6-12-21)22-9-2-1-3-10-22/h13-15,20H,1-12H2,(H2,19,23). The molecule has 0 bridgehead atoms. The van der Waals surface area contributed by atoms with Crippen molar-refractivity contribution in [3.05, 3.63) is 16.3 Å². The highest BCUT2D eigenvalue weighted by Gasteiger charge is 2.25. The molecule has 3 rings (SSSR count). The summed E-state index contributed by atoms with van der Waals surface area (Å²) in [6.07, 6.45) is 7.27. The van der Waals surface area contributed by atoms with Crippen LogP contribution in [0.5, 0.6) is 0 Å². The van der Waals surface area contributed by atoms with Crippen molar-refractivity contribution in [2.75, 3.05) is 39.3 Å². The molecule has 0 aliphatic carbocycles. The molecule has 1 aromatic rings. The van der Waals surface area contributed by atoms with Crippen LogP contribution in [0.2, 0.25) is 0 Å². The summed E-state index contributed by atoms with van der Waals surface area (Å²) in [4.78, 5) is 16.6. The van der Waals surface area contributed by atoms with Crippen molar-refractivity contribution in [3.63, 3.8) is 0 Å². The molecular weight excluding hydrogens is 384 g/mol. The van der Waals surface area contributed by atoms with Crippen LogP contribution in [0.4, 0.5) is 0 Å². The van der Waals surface area contributed by atoms with E-state index < -0.39 is 15.9 Å². The zero-order valence-electron chi connectivity index (χ0n) is 15.7. The molecule has 2 fully saturated rings. The molecule has 0 spiro atoms. The summed E-state index contributed by atoms with van der Waals surface area (Å²) in [5, 5.41) is 1.45. The van der Waals surface area contributed by atoms with Gasteiger partial charge in [-0.15, -0.1) is 11.3 Å². The number of likely N-dealkylation sites (tertiary alicyclic amines) is 2. The Morgan fingerprint density at radius 3 is 2.52 bits per heavy atom. The first kappa shape index (κ1) is 20.7. The number of nitrogens with one attached hydrogen (secondary N) is 1. The van der Waals surface area contributed by atoms with E-state index in [1.54, 1.807) is 0 Å². The second-order valence-electron chi connectivity index (χ2n) is 7.43. The fourth-order valence-corrected chi connectivity index (χ4v) is 6.17. The smallest absolute Gasteiger partial charge is 0.258 e. The lowest BCUT2D eigenvalue weighted by Gasteiger charge is -2.40. The van der Waals surface area contributed by atoms with E-state index >= 15 is 0 Å². The Morgan fingerprint density at radius 1 is 1.19 bits per heavy atom. The Labute approximate surface area is 166 Å². The Morgan fingerprint density at radius 2 is 1.89 bits per heavy atom. The second-order valence-corrected chi connectivity index (χ2v) is 10.1. The summed E-state index contributed by atoms with van der Waals surface area (Å²) in [6, 6.07) is 2.07. The average molecular weight is 415 g/mol. The summed E-state index contributed by atoms with van der Waals surface area (Å²) < 4.78 is 27.1. The predicted octanol–water partition coefficient (Wildman–Crippen LogP) is 1.47. The molecule has 0 aromatic carbocycles. The second kappa shape index (κ2) is 9.47. The van der Waals surface area contributed by atoms with Gasteiger partial charge in [-0.1, -0.05) is 6.42 Å². The van der Waals surface area contributed by atoms with Crippen LogP contribution >= 0.6 is 11.3 Å². The Kier molecular flexibility index (Phi) is 7.27. The molecule has 0 atom stereocenters. The minimum absolute atomic E-state index is 0.114. The largest absolute Gasteiger partial charge is 0.365 e. The number of nitrogens with zero attached hydrogens (tertiary/aromatic N) is 2. The number of carbonyl (C=O) groups is 1. The highest BCUT2D eigenvalue weighted by Crippen LogP contribution is 2.21. The van der Waals surface area contributed by atoms with Crippen LogP contribution in [0, 0.1) is 0 Å². The van der Waals surface area contributed by atoms with Crippen molar-refractivity contribution in [3.8, 4) is 0 Å². The van der Waals surface area contributed by atoms with Gasteiger partial charge in [0, 0.05) is 18.0 Å². The third-order valence-corrected chi connectivity index (χ3v) is 8.07. The third kappa shape index (κ3) is 5.74. The van der Waals surface area contributed by atoms with Crippen molar-refractivity contribution in [2.45, 2.75) is 49.5 Å². The van der Waals surface area contributed by atoms with Crippen LogP contribution in [0.15, 0.2) is 16.3 Å². The maximum absolute atomic E-state index is 12.3. The summed E-state index contributed by atoms with van der Waals surface area (Å²) in [7, 11) is -3.57. The molecular formula is C18H30N4O3S2. The van der Waals surface area contributed by atoms with Crippen LogP contribution in [0.1, 0.15) is 48.2 Å². The van der Waals surface area contributed by atoms with E-state index in [-0.39, 0.29) is 9.77 Å². The Balaban J connectivity index is 1.36. The zero-order valence-corrected chi connectivity index (χ0v) is 17.4. The van der Waals surface area contributed by atoms with Gasteiger partial charge in [-0.2, -0.15) is 0 Å². The summed E-state index contributed by atoms with van der Waals surface area (Å²) in [5.74, 6) is -0.602. The monoisotopic (exact) mass is 414 g/mol. The molecule has 2 aliphatic rings. The zero-order chi connectivity index (χ0) is 19.3. The maximum Gasteiger partial charge on any atom is 0.258 e. The molecule has 0 unspecified atom stereocenters. The lowest BCUT2D eigenvalue weighted by molar-refractivity contribution is 0.0923. The van der Waals surface area contributed by atoms with Gasteiger partial charge in [0.2, 0.25) is 10.0 Å². The van der Waals surface area contributed by atoms with Crippen molar-refractivity contribution in [2.24, 2.45) is 5.73 Å². The van der Waals surface area contributed by atoms with Gasteiger partial charge in [-0.05, 0) is 70.9 Å². The quantitative estimate of drug-likeness (QED) is 0.628. The van der Waals surface area contributed by atoms with Gasteiger partial charge in [-0.3, -0.25) is 4.79 Å². The highest BCUT2D eigenvalue weighted by molar-refractivity contribution is 7.89. The van der Waals surface area contributed by atoms with Gasteiger partial charge >= 0.3 is 0 Å². The number of rotatable bonds is 8. The van der Waals surface area contributed by atoms with E-state index in [2.05, 4.69) is 14.5 Å². The van der Waals surface area contributed by atoms with Gasteiger partial charge in [0.05, 0.1) is 9.77 Å². The topological polar surface area (TPSA) is 95.7 Å². The molecule has 3 heterocycles. The van der Waals surface area contributed by atoms with Gasteiger partial charge in [0.1, 0.15) is 0 Å². The normalized spacial score (nSPS) is 20.7. The number of primary amides is 1. The number of carbonyl (C=O) groups excluding carboxylic acids is 1. The number of hydrogen-bond acceptors (Lipinski definition) is 6. The first-order valence-electron chi connectivity index (χ1n) is 9.80. The van der Waals surface area contributed by atoms with E-state index in [4.69, 9.17) is 5.73 Å². The maximum atomic E-state index is 12.3. The minimum atomic E-state index is -3.57. The van der Waals surface area contributed by atoms with Gasteiger partial charge in [0.15, 0.2) is 0 Å². The molecule has 7 nitrogen and oxygen atoms in total. The molecule has 2 aliphatic heterocycles. The van der Waals surface area contributed by atoms with Crippen molar-refractivity contribution in [1.29, 1.82) is 0 Å². The van der Waals surface area contributed by atoms with Gasteiger partial charge in [0.25, 0.3) is 5.91 Å². The van der Waals surface area contributed by atoms with Crippen molar-refractivity contribution in [1.82, 2.24) is 14.5 Å². The SMILES string of the molecule is NC(=O)c1cc(S(=O)(=O)NCCCN2CCC(N3CCCCC3)CC2)cs1. The lowest BCUT2D eigenvalue weighted by Crippen LogP contribution is -2.47. The lowest BCUT2D eigenvalue weighted by atomic mass is 10.00. The van der Waals surface area contributed by atoms with E-state index in [0.717, 1.165) is 43.4 Å². The van der Waals surface area contributed by atoms with Crippen molar-refractivity contribution >= 4 is 27.3 Å². The molecule has 0 radical (unpaired) electrons. The molecule has 27 heavy (non-hydrogen) atoms. The number of hydrogen-bond donors (Lipinski definition) is 2. The summed E-state index contributed by atoms with van der Waals surface area (Å²) in [6.45, 7) is 6.02. The van der Waals surface area contributed by atoms with Crippen LogP contribution in [0.25, 0.3) is 0 Å². The number of nitrogens with two attached hydrogens (primary N) is 1. The number of thiophene rings is 1. The molecule has 1 amide bonds. The fraction of sp³-hybridized carbons (Fsp3) is 0.722. The average Bonchev–Trinajstić information content (AvgIpc) is 3.18. The summed E-state index contributed by atoms with van der Waals surface area (Å²) in [5.41, 5.74) is 5.18. The molecule has 3 N–H and O–H groups in total. The van der Waals surface area contributed by atoms with Crippen LogP contribution in [0.3, 0.4) is 0 Å². The van der Waals surface area contributed by atoms with E-state index in [1.807, 2.05) is 0 Å². The first-order valence-corrected chi connectivity index (χ1v) is 12.2. The molecule has 0 saturated carbocycles. The molecule has 1 aromatic heterocycles. The van der Waals surface area contributed by atoms with E-state index in [9.17, 15) is 13.2 Å². The van der Waals surface area contributed by atoms with E-state index in [0.29, 0.717) is 6.54 Å². The first-order chi connectivity index (χ1) is 13.0. The van der Waals surface area contributed by atoms with Crippen LogP contribution in [-0.4, -0.2) is 69.4 Å². The van der Waals surface area contributed by atoms with E-state index in [1.165, 1.54) is 56.6 Å². The number of sulfonamides is 1. The minimum Gasteiger partial charge on any atom is -0.365 e. The predicted molar refractivity (Wildman–Crippen MR) is 108 cm³/mol. The van der Waals surface area contributed by atoms with Crippen LogP contribution in [-0.2, 0) is 10.0 Å². The number of piperidine rings is 2. The Hall–Kier alpha value is -1.00. The number of amides is 1. The van der Waals surface area contributed by atoms with Crippen molar-refractivity contribution < 1.29 is 13.2 Å². The Bertz CT molecular complexity index is 721. The fourth-order valence-electron chi connectivity index (χ4n) is 3.97. The van der Waals surface area contributed by atoms with Gasteiger partial charge < -0.3 is 15.5 Å². The van der Waals surface area contributed by atoms with Crippen LogP contribution < -0.4 is 10.5 Å². The molecule has 152 valence electrons.